The molecule has 1 saturated heterocycles. The molecule has 1 amide bonds. The van der Waals surface area contributed by atoms with Crippen LogP contribution in [0.3, 0.4) is 0 Å². The van der Waals surface area contributed by atoms with Crippen LogP contribution in [0.1, 0.15) is 37.6 Å². The molecule has 0 radical (unpaired) electrons. The number of nitrogens with zero attached hydrogens (tertiary/aromatic N) is 3. The number of ether oxygens (including phenoxy) is 2. The van der Waals surface area contributed by atoms with Gasteiger partial charge in [-0.2, -0.15) is 0 Å². The minimum Gasteiger partial charge on any atom is -0.461 e. The number of rotatable bonds is 5. The van der Waals surface area contributed by atoms with E-state index in [0.29, 0.717) is 31.9 Å². The van der Waals surface area contributed by atoms with Crippen LogP contribution in [0.5, 0.6) is 0 Å². The predicted octanol–water partition coefficient (Wildman–Crippen LogP) is 2.99. The van der Waals surface area contributed by atoms with E-state index in [2.05, 4.69) is 4.90 Å². The van der Waals surface area contributed by atoms with Crippen molar-refractivity contribution < 1.29 is 23.5 Å². The minimum atomic E-state index is -0.669. The molecule has 1 aliphatic rings. The largest absolute Gasteiger partial charge is 0.461 e. The number of esters is 1. The molecule has 0 N–H and O–H groups in total. The Labute approximate surface area is 172 Å². The van der Waals surface area contributed by atoms with E-state index in [4.69, 9.17) is 9.47 Å². The van der Waals surface area contributed by atoms with Crippen molar-refractivity contribution in [1.29, 1.82) is 0 Å². The average molecular weight is 410 g/mol. The highest BCUT2D eigenvalue weighted by molar-refractivity contribution is 5.90. The van der Waals surface area contributed by atoms with Gasteiger partial charge in [0.05, 0.1) is 5.56 Å². The summed E-state index contributed by atoms with van der Waals surface area (Å²) in [6.07, 6.45) is 0.510. The summed E-state index contributed by atoms with van der Waals surface area (Å²) >= 11 is 0. The van der Waals surface area contributed by atoms with Gasteiger partial charge in [-0.25, -0.2) is 14.0 Å². The van der Waals surface area contributed by atoms with Crippen LogP contribution in [-0.2, 0) is 9.47 Å². The van der Waals surface area contributed by atoms with Gasteiger partial charge in [0.2, 0.25) is 0 Å². The topological polar surface area (TPSA) is 62.3 Å². The first-order chi connectivity index (χ1) is 13.6. The van der Waals surface area contributed by atoms with Crippen molar-refractivity contribution >= 4 is 17.7 Å². The van der Waals surface area contributed by atoms with Crippen molar-refractivity contribution in [3.63, 3.8) is 0 Å². The number of carbonyl (C=O) groups excluding carboxylic acids is 2. The average Bonchev–Trinajstić information content (AvgIpc) is 2.85. The highest BCUT2D eigenvalue weighted by Gasteiger charge is 2.24. The molecular weight excluding hydrogens is 377 g/mol. The number of carbonyl (C=O) groups is 2. The van der Waals surface area contributed by atoms with Crippen LogP contribution in [0, 0.1) is 5.82 Å². The van der Waals surface area contributed by atoms with Gasteiger partial charge in [0.25, 0.3) is 0 Å². The Hall–Kier alpha value is -2.35. The van der Waals surface area contributed by atoms with Crippen LogP contribution >= 0.6 is 0 Å². The first-order valence-electron chi connectivity index (χ1n) is 9.91. The van der Waals surface area contributed by atoms with Crippen LogP contribution in [0.15, 0.2) is 18.2 Å². The number of hydrogen-bond donors (Lipinski definition) is 0. The lowest BCUT2D eigenvalue weighted by atomic mass is 10.2. The number of anilines is 1. The van der Waals surface area contributed by atoms with Crippen LogP contribution < -0.4 is 4.90 Å². The smallest absolute Gasteiger partial charge is 0.410 e. The molecule has 0 spiro atoms. The third kappa shape index (κ3) is 7.20. The fraction of sp³-hybridized carbons (Fsp3) is 0.619. The second-order valence-corrected chi connectivity index (χ2v) is 8.36. The molecule has 1 fully saturated rings. The van der Waals surface area contributed by atoms with Crippen LogP contribution in [0.4, 0.5) is 14.9 Å². The third-order valence-electron chi connectivity index (χ3n) is 4.57. The SMILES string of the molecule is CN(C)c1ccc(C(=O)OCCN2CCCN(C(=O)OC(C)(C)C)CC2)c(F)c1. The summed E-state index contributed by atoms with van der Waals surface area (Å²) in [5.41, 5.74) is 0.0952. The second kappa shape index (κ2) is 9.91. The minimum absolute atomic E-state index is 0.0671. The summed E-state index contributed by atoms with van der Waals surface area (Å²) in [6, 6.07) is 4.44. The van der Waals surface area contributed by atoms with Gasteiger partial charge >= 0.3 is 12.1 Å². The van der Waals surface area contributed by atoms with E-state index in [9.17, 15) is 14.0 Å². The van der Waals surface area contributed by atoms with Crippen molar-refractivity contribution in [2.45, 2.75) is 32.8 Å². The molecule has 7 nitrogen and oxygen atoms in total. The Morgan fingerprint density at radius 2 is 1.86 bits per heavy atom. The normalized spacial score (nSPS) is 15.6. The van der Waals surface area contributed by atoms with Gasteiger partial charge in [0.15, 0.2) is 0 Å². The maximum absolute atomic E-state index is 14.1. The molecule has 0 bridgehead atoms. The number of hydrogen-bond acceptors (Lipinski definition) is 6. The molecule has 0 aromatic heterocycles. The summed E-state index contributed by atoms with van der Waals surface area (Å²) in [5, 5.41) is 0. The lowest BCUT2D eigenvalue weighted by molar-refractivity contribution is 0.0256. The van der Waals surface area contributed by atoms with E-state index in [1.807, 2.05) is 20.8 Å². The second-order valence-electron chi connectivity index (χ2n) is 8.36. The molecule has 8 heteroatoms. The van der Waals surface area contributed by atoms with E-state index in [0.717, 1.165) is 13.0 Å². The quantitative estimate of drug-likeness (QED) is 0.697. The maximum Gasteiger partial charge on any atom is 0.410 e. The molecule has 1 aliphatic heterocycles. The van der Waals surface area contributed by atoms with Crippen molar-refractivity contribution in [1.82, 2.24) is 9.80 Å². The maximum atomic E-state index is 14.1. The summed E-state index contributed by atoms with van der Waals surface area (Å²) < 4.78 is 24.8. The summed E-state index contributed by atoms with van der Waals surface area (Å²) in [5.74, 6) is -1.26. The van der Waals surface area contributed by atoms with E-state index in [-0.39, 0.29) is 18.3 Å². The Morgan fingerprint density at radius 1 is 1.14 bits per heavy atom. The van der Waals surface area contributed by atoms with E-state index in [1.165, 1.54) is 12.1 Å². The van der Waals surface area contributed by atoms with Gasteiger partial charge in [0, 0.05) is 52.5 Å². The number of benzene rings is 1. The van der Waals surface area contributed by atoms with Crippen LogP contribution in [0.2, 0.25) is 0 Å². The number of amides is 1. The molecule has 29 heavy (non-hydrogen) atoms. The van der Waals surface area contributed by atoms with Crippen molar-refractivity contribution in [3.8, 4) is 0 Å². The summed E-state index contributed by atoms with van der Waals surface area (Å²) in [6.45, 7) is 8.90. The van der Waals surface area contributed by atoms with Gasteiger partial charge < -0.3 is 19.3 Å². The molecule has 1 aromatic carbocycles. The number of halogens is 1. The van der Waals surface area contributed by atoms with Crippen molar-refractivity contribution in [2.24, 2.45) is 0 Å². The molecule has 0 saturated carbocycles. The highest BCUT2D eigenvalue weighted by atomic mass is 19.1. The molecule has 0 aliphatic carbocycles. The Kier molecular flexibility index (Phi) is 7.84. The Bertz CT molecular complexity index is 718. The lowest BCUT2D eigenvalue weighted by Gasteiger charge is -2.26. The molecule has 1 heterocycles. The monoisotopic (exact) mass is 409 g/mol. The summed E-state index contributed by atoms with van der Waals surface area (Å²) in [7, 11) is 3.61. The van der Waals surface area contributed by atoms with Crippen LogP contribution in [0.25, 0.3) is 0 Å². The molecule has 0 unspecified atom stereocenters. The Morgan fingerprint density at radius 3 is 2.48 bits per heavy atom. The standard InChI is InChI=1S/C21H32FN3O4/c1-21(2,3)29-20(27)25-10-6-9-24(11-12-25)13-14-28-19(26)17-8-7-16(23(4)5)15-18(17)22/h7-8,15H,6,9-14H2,1-5H3. The Balaban J connectivity index is 1.79. The fourth-order valence-electron chi connectivity index (χ4n) is 3.00. The van der Waals surface area contributed by atoms with Gasteiger partial charge in [-0.1, -0.05) is 0 Å². The van der Waals surface area contributed by atoms with Gasteiger partial charge in [-0.3, -0.25) is 4.90 Å². The van der Waals surface area contributed by atoms with Gasteiger partial charge in [-0.15, -0.1) is 0 Å². The molecular formula is C21H32FN3O4. The fourth-order valence-corrected chi connectivity index (χ4v) is 3.00. The zero-order chi connectivity index (χ0) is 21.6. The molecule has 1 aromatic rings. The molecule has 162 valence electrons. The first-order valence-corrected chi connectivity index (χ1v) is 9.91. The van der Waals surface area contributed by atoms with Crippen molar-refractivity contribution in [2.75, 3.05) is 58.3 Å². The first kappa shape index (κ1) is 22.9. The highest BCUT2D eigenvalue weighted by Crippen LogP contribution is 2.17. The van der Waals surface area contributed by atoms with Gasteiger partial charge in [-0.05, 0) is 45.4 Å². The zero-order valence-corrected chi connectivity index (χ0v) is 18.0. The predicted molar refractivity (Wildman–Crippen MR) is 110 cm³/mol. The zero-order valence-electron chi connectivity index (χ0n) is 18.0. The van der Waals surface area contributed by atoms with Gasteiger partial charge in [0.1, 0.15) is 18.0 Å². The lowest BCUT2D eigenvalue weighted by Crippen LogP contribution is -2.39. The third-order valence-corrected chi connectivity index (χ3v) is 4.57. The summed E-state index contributed by atoms with van der Waals surface area (Å²) in [4.78, 5) is 30.0. The molecule has 2 rings (SSSR count). The van der Waals surface area contributed by atoms with Crippen LogP contribution in [-0.4, -0.2) is 80.9 Å². The molecule has 0 atom stereocenters. The van der Waals surface area contributed by atoms with E-state index in [1.54, 1.807) is 30.0 Å². The van der Waals surface area contributed by atoms with Crippen molar-refractivity contribution in [3.05, 3.63) is 29.6 Å². The van der Waals surface area contributed by atoms with E-state index < -0.39 is 17.4 Å². The van der Waals surface area contributed by atoms with E-state index >= 15 is 0 Å².